The van der Waals surface area contributed by atoms with E-state index in [1.165, 1.54) is 0 Å². The summed E-state index contributed by atoms with van der Waals surface area (Å²) in [6, 6.07) is 3.88. The zero-order chi connectivity index (χ0) is 15.3. The average Bonchev–Trinajstić information content (AvgIpc) is 2.41. The van der Waals surface area contributed by atoms with Gasteiger partial charge in [0, 0.05) is 12.2 Å². The van der Waals surface area contributed by atoms with Crippen LogP contribution in [0.4, 0.5) is 0 Å². The van der Waals surface area contributed by atoms with Gasteiger partial charge in [0.05, 0.1) is 14.2 Å². The summed E-state index contributed by atoms with van der Waals surface area (Å²) in [5.41, 5.74) is 1.62. The number of ketones is 1. The van der Waals surface area contributed by atoms with Crippen LogP contribution < -0.4 is 9.47 Å². The summed E-state index contributed by atoms with van der Waals surface area (Å²) in [4.78, 5) is 12.4. The Morgan fingerprint density at radius 1 is 1.15 bits per heavy atom. The first kappa shape index (κ1) is 16.9. The van der Waals surface area contributed by atoms with Crippen molar-refractivity contribution in [3.63, 3.8) is 0 Å². The summed E-state index contributed by atoms with van der Waals surface area (Å²) in [5.74, 6) is 2.06. The Morgan fingerprint density at radius 2 is 1.65 bits per heavy atom. The molecule has 0 aliphatic heterocycles. The topological polar surface area (TPSA) is 35.5 Å². The van der Waals surface area contributed by atoms with Gasteiger partial charge in [-0.1, -0.05) is 20.8 Å². The second-order valence-electron chi connectivity index (χ2n) is 5.67. The predicted octanol–water partition coefficient (Wildman–Crippen LogP) is 3.94. The van der Waals surface area contributed by atoms with Crippen molar-refractivity contribution in [3.8, 4) is 11.5 Å². The lowest BCUT2D eigenvalue weighted by atomic mass is 9.85. The number of methoxy groups -OCH3 is 2. The van der Waals surface area contributed by atoms with Gasteiger partial charge in [-0.25, -0.2) is 0 Å². The summed E-state index contributed by atoms with van der Waals surface area (Å²) in [5, 5.41) is 0. The normalized spacial score (nSPS) is 11.3. The number of hydrogen-bond donors (Lipinski definition) is 0. The van der Waals surface area contributed by atoms with E-state index in [4.69, 9.17) is 9.47 Å². The van der Waals surface area contributed by atoms with Crippen LogP contribution >= 0.6 is 11.8 Å². The average molecular weight is 296 g/mol. The van der Waals surface area contributed by atoms with Crippen LogP contribution in [0.25, 0.3) is 0 Å². The van der Waals surface area contributed by atoms with Crippen LogP contribution in [0.1, 0.15) is 43.1 Å². The van der Waals surface area contributed by atoms with Crippen molar-refractivity contribution >= 4 is 17.5 Å². The van der Waals surface area contributed by atoms with Crippen molar-refractivity contribution in [2.24, 2.45) is 0 Å². The van der Waals surface area contributed by atoms with Gasteiger partial charge in [0.2, 0.25) is 0 Å². The quantitative estimate of drug-likeness (QED) is 0.745. The molecule has 0 bridgehead atoms. The molecule has 4 heteroatoms. The number of carbonyl (C=O) groups excluding carboxylic acids is 1. The molecule has 0 atom stereocenters. The van der Waals surface area contributed by atoms with E-state index in [9.17, 15) is 4.79 Å². The number of benzene rings is 1. The number of Topliss-reactive ketones (excluding diaryl/α,β-unsaturated/α-hetero) is 1. The number of hydrogen-bond acceptors (Lipinski definition) is 4. The van der Waals surface area contributed by atoms with Gasteiger partial charge < -0.3 is 9.47 Å². The van der Waals surface area contributed by atoms with E-state index in [1.54, 1.807) is 26.0 Å². The Bertz CT molecular complexity index is 450. The molecule has 0 aromatic heterocycles. The first-order valence-corrected chi connectivity index (χ1v) is 8.03. The van der Waals surface area contributed by atoms with Gasteiger partial charge in [-0.3, -0.25) is 4.79 Å². The fourth-order valence-corrected chi connectivity index (χ4v) is 2.33. The molecular weight excluding hydrogens is 272 g/mol. The highest BCUT2D eigenvalue weighted by atomic mass is 32.2. The second-order valence-corrected chi connectivity index (χ2v) is 6.66. The molecule has 112 valence electrons. The minimum atomic E-state index is -0.0264. The summed E-state index contributed by atoms with van der Waals surface area (Å²) in [6.45, 7) is 6.36. The summed E-state index contributed by atoms with van der Waals surface area (Å²) >= 11 is 1.66. The third-order valence-corrected chi connectivity index (χ3v) is 3.80. The number of rotatable bonds is 6. The van der Waals surface area contributed by atoms with Crippen LogP contribution in [0.5, 0.6) is 11.5 Å². The standard InChI is InChI=1S/C16H24O3S/c1-16(2,3)11-9-13(18-4)15(14(10-11)19-5)12(17)7-8-20-6/h9-10H,7-8H2,1-6H3. The maximum absolute atomic E-state index is 12.4. The minimum Gasteiger partial charge on any atom is -0.496 e. The molecule has 1 aromatic rings. The van der Waals surface area contributed by atoms with Crippen molar-refractivity contribution < 1.29 is 14.3 Å². The minimum absolute atomic E-state index is 0.0264. The van der Waals surface area contributed by atoms with Gasteiger partial charge in [0.15, 0.2) is 5.78 Å². The highest BCUT2D eigenvalue weighted by molar-refractivity contribution is 7.98. The lowest BCUT2D eigenvalue weighted by molar-refractivity contribution is 0.0983. The van der Waals surface area contributed by atoms with Crippen LogP contribution in [0.2, 0.25) is 0 Å². The molecule has 0 spiro atoms. The molecule has 0 aliphatic rings. The van der Waals surface area contributed by atoms with Gasteiger partial charge in [0.1, 0.15) is 17.1 Å². The van der Waals surface area contributed by atoms with Crippen molar-refractivity contribution in [3.05, 3.63) is 23.3 Å². The van der Waals surface area contributed by atoms with Crippen molar-refractivity contribution in [2.45, 2.75) is 32.6 Å². The molecule has 0 aliphatic carbocycles. The largest absolute Gasteiger partial charge is 0.496 e. The van der Waals surface area contributed by atoms with E-state index < -0.39 is 0 Å². The van der Waals surface area contributed by atoms with Crippen molar-refractivity contribution in [2.75, 3.05) is 26.2 Å². The van der Waals surface area contributed by atoms with E-state index in [-0.39, 0.29) is 11.2 Å². The van der Waals surface area contributed by atoms with Crippen molar-refractivity contribution in [1.29, 1.82) is 0 Å². The Hall–Kier alpha value is -1.16. The van der Waals surface area contributed by atoms with E-state index >= 15 is 0 Å². The van der Waals surface area contributed by atoms with Crippen LogP contribution in [-0.4, -0.2) is 32.0 Å². The Morgan fingerprint density at radius 3 is 2.00 bits per heavy atom. The summed E-state index contributed by atoms with van der Waals surface area (Å²) < 4.78 is 10.8. The molecule has 1 rings (SSSR count). The zero-order valence-electron chi connectivity index (χ0n) is 13.2. The van der Waals surface area contributed by atoms with Crippen LogP contribution in [0.15, 0.2) is 12.1 Å². The zero-order valence-corrected chi connectivity index (χ0v) is 14.0. The predicted molar refractivity (Wildman–Crippen MR) is 85.6 cm³/mol. The van der Waals surface area contributed by atoms with Crippen molar-refractivity contribution in [1.82, 2.24) is 0 Å². The first-order chi connectivity index (χ1) is 9.35. The molecule has 20 heavy (non-hydrogen) atoms. The molecule has 0 saturated carbocycles. The number of carbonyl (C=O) groups is 1. The maximum atomic E-state index is 12.4. The second kappa shape index (κ2) is 7.02. The van der Waals surface area contributed by atoms with E-state index in [0.29, 0.717) is 23.5 Å². The maximum Gasteiger partial charge on any atom is 0.171 e. The lowest BCUT2D eigenvalue weighted by Crippen LogP contribution is -2.14. The molecular formula is C16H24O3S. The first-order valence-electron chi connectivity index (χ1n) is 6.63. The van der Waals surface area contributed by atoms with Crippen LogP contribution in [0.3, 0.4) is 0 Å². The molecule has 0 N–H and O–H groups in total. The molecule has 0 fully saturated rings. The van der Waals surface area contributed by atoms with Gasteiger partial charge in [-0.15, -0.1) is 0 Å². The number of ether oxygens (including phenoxy) is 2. The number of thioether (sulfide) groups is 1. The summed E-state index contributed by atoms with van der Waals surface area (Å²) in [6.07, 6.45) is 2.48. The molecule has 0 radical (unpaired) electrons. The van der Waals surface area contributed by atoms with Crippen LogP contribution in [-0.2, 0) is 5.41 Å². The molecule has 3 nitrogen and oxygen atoms in total. The van der Waals surface area contributed by atoms with Gasteiger partial charge in [0.25, 0.3) is 0 Å². The summed E-state index contributed by atoms with van der Waals surface area (Å²) in [7, 11) is 3.18. The fourth-order valence-electron chi connectivity index (χ4n) is 1.94. The highest BCUT2D eigenvalue weighted by Crippen LogP contribution is 2.36. The van der Waals surface area contributed by atoms with E-state index in [0.717, 1.165) is 11.3 Å². The Kier molecular flexibility index (Phi) is 5.93. The monoisotopic (exact) mass is 296 g/mol. The highest BCUT2D eigenvalue weighted by Gasteiger charge is 2.23. The smallest absolute Gasteiger partial charge is 0.171 e. The molecule has 0 unspecified atom stereocenters. The van der Waals surface area contributed by atoms with Gasteiger partial charge in [-0.05, 0) is 29.4 Å². The fraction of sp³-hybridized carbons (Fsp3) is 0.562. The Labute approximate surface area is 126 Å². The molecule has 0 saturated heterocycles. The Balaban J connectivity index is 3.32. The third kappa shape index (κ3) is 3.92. The van der Waals surface area contributed by atoms with E-state index in [2.05, 4.69) is 20.8 Å². The third-order valence-electron chi connectivity index (χ3n) is 3.18. The molecule has 0 amide bonds. The molecule has 0 heterocycles. The van der Waals surface area contributed by atoms with E-state index in [1.807, 2.05) is 18.4 Å². The molecule has 1 aromatic carbocycles. The van der Waals surface area contributed by atoms with Gasteiger partial charge >= 0.3 is 0 Å². The van der Waals surface area contributed by atoms with Crippen LogP contribution in [0, 0.1) is 0 Å². The SMILES string of the molecule is COc1cc(C(C)(C)C)cc(OC)c1C(=O)CCSC. The van der Waals surface area contributed by atoms with Gasteiger partial charge in [-0.2, -0.15) is 11.8 Å². The lowest BCUT2D eigenvalue weighted by Gasteiger charge is -2.22.